The van der Waals surface area contributed by atoms with Crippen LogP contribution in [0, 0.1) is 3.57 Å². The van der Waals surface area contributed by atoms with E-state index in [2.05, 4.69) is 63.0 Å². The molecule has 0 N–H and O–H groups in total. The Morgan fingerprint density at radius 1 is 1.46 bits per heavy atom. The normalized spacial score (nSPS) is 11.0. The Bertz CT molecular complexity index is 450. The zero-order valence-corrected chi connectivity index (χ0v) is 12.2. The minimum Gasteiger partial charge on any atom is -0.128 e. The Morgan fingerprint density at radius 3 is 2.85 bits per heavy atom. The van der Waals surface area contributed by atoms with Crippen LogP contribution in [-0.2, 0) is 0 Å². The van der Waals surface area contributed by atoms with Crippen LogP contribution in [0.1, 0.15) is 0 Å². The first-order valence-corrected chi connectivity index (χ1v) is 7.56. The van der Waals surface area contributed by atoms with E-state index in [1.54, 1.807) is 0 Å². The monoisotopic (exact) mass is 384 g/mol. The summed E-state index contributed by atoms with van der Waals surface area (Å²) in [5.41, 5.74) is 0. The second-order valence-corrected chi connectivity index (χ2v) is 6.58. The molecule has 0 atom stereocenters. The fourth-order valence-corrected chi connectivity index (χ4v) is 5.74. The van der Waals surface area contributed by atoms with Gasteiger partial charge in [0.25, 0.3) is 0 Å². The molecule has 0 spiro atoms. The summed E-state index contributed by atoms with van der Waals surface area (Å²) in [4.78, 5) is 0. The van der Waals surface area contributed by atoms with Crippen LogP contribution in [0.4, 0.5) is 0 Å². The summed E-state index contributed by atoms with van der Waals surface area (Å²) in [6.45, 7) is 0. The van der Waals surface area contributed by atoms with Gasteiger partial charge in [-0.1, -0.05) is 22.0 Å². The average molecular weight is 385 g/mol. The van der Waals surface area contributed by atoms with Gasteiger partial charge in [0.1, 0.15) is 0 Å². The molecule has 0 aliphatic carbocycles. The molecule has 1 aromatic carbocycles. The molecule has 0 unspecified atom stereocenters. The number of fused-ring (bicyclic) bond motifs is 1. The van der Waals surface area contributed by atoms with E-state index in [0.29, 0.717) is 0 Å². The number of benzene rings is 1. The van der Waals surface area contributed by atoms with Crippen LogP contribution in [0.3, 0.4) is 0 Å². The highest BCUT2D eigenvalue weighted by atomic mass is 127. The van der Waals surface area contributed by atoms with Gasteiger partial charge in [0, 0.05) is 18.1 Å². The smallest absolute Gasteiger partial charge is 0.0742 e. The van der Waals surface area contributed by atoms with Crippen molar-refractivity contribution in [2.75, 3.05) is 6.26 Å². The topological polar surface area (TPSA) is 0 Å². The van der Waals surface area contributed by atoms with Gasteiger partial charge in [-0.3, -0.25) is 0 Å². The van der Waals surface area contributed by atoms with Gasteiger partial charge in [0.2, 0.25) is 0 Å². The number of hydrogen-bond donors (Lipinski definition) is 0. The molecule has 0 radical (unpaired) electrons. The number of thioether (sulfide) groups is 1. The lowest BCUT2D eigenvalue weighted by molar-refractivity contribution is 1.65. The van der Waals surface area contributed by atoms with Crippen molar-refractivity contribution < 1.29 is 0 Å². The number of halogens is 2. The lowest BCUT2D eigenvalue weighted by atomic mass is 10.3. The van der Waals surface area contributed by atoms with Crippen molar-refractivity contribution in [1.29, 1.82) is 0 Å². The molecule has 0 saturated heterocycles. The first kappa shape index (κ1) is 10.3. The van der Waals surface area contributed by atoms with Crippen LogP contribution in [0.25, 0.3) is 10.1 Å². The van der Waals surface area contributed by atoms with Crippen LogP contribution in [0.15, 0.2) is 26.9 Å². The Labute approximate surface area is 107 Å². The van der Waals surface area contributed by atoms with E-state index in [1.807, 2.05) is 23.1 Å². The molecule has 1 aromatic heterocycles. The molecule has 4 heteroatoms. The molecule has 68 valence electrons. The zero-order chi connectivity index (χ0) is 9.42. The van der Waals surface area contributed by atoms with E-state index in [0.717, 1.165) is 0 Å². The third-order valence-corrected chi connectivity index (χ3v) is 6.51. The third-order valence-electron chi connectivity index (χ3n) is 1.76. The highest BCUT2D eigenvalue weighted by Crippen LogP contribution is 2.40. The molecule has 13 heavy (non-hydrogen) atoms. The lowest BCUT2D eigenvalue weighted by Gasteiger charge is -1.93. The second kappa shape index (κ2) is 4.08. The summed E-state index contributed by atoms with van der Waals surface area (Å²) in [5, 5.41) is 1.36. The van der Waals surface area contributed by atoms with Crippen LogP contribution in [0.2, 0.25) is 0 Å². The number of rotatable bonds is 1. The van der Waals surface area contributed by atoms with Gasteiger partial charge in [-0.05, 0) is 41.0 Å². The molecule has 0 amide bonds. The quantitative estimate of drug-likeness (QED) is 0.493. The molecule has 0 aliphatic heterocycles. The predicted octanol–water partition coefficient (Wildman–Crippen LogP) is 4.99. The maximum absolute atomic E-state index is 3.58. The second-order valence-electron chi connectivity index (χ2n) is 2.52. The van der Waals surface area contributed by atoms with Crippen LogP contribution < -0.4 is 0 Å². The summed E-state index contributed by atoms with van der Waals surface area (Å²) in [5.74, 6) is 0. The van der Waals surface area contributed by atoms with Crippen molar-refractivity contribution in [3.8, 4) is 0 Å². The third kappa shape index (κ3) is 1.78. The minimum absolute atomic E-state index is 1.20. The van der Waals surface area contributed by atoms with Crippen molar-refractivity contribution in [3.63, 3.8) is 0 Å². The van der Waals surface area contributed by atoms with Gasteiger partial charge in [0.05, 0.1) is 4.21 Å². The summed E-state index contributed by atoms with van der Waals surface area (Å²) in [7, 11) is 0. The summed E-state index contributed by atoms with van der Waals surface area (Å²) >= 11 is 9.69. The van der Waals surface area contributed by atoms with Gasteiger partial charge in [0.15, 0.2) is 0 Å². The maximum atomic E-state index is 3.58. The first-order valence-electron chi connectivity index (χ1n) is 3.64. The fourth-order valence-electron chi connectivity index (χ4n) is 1.18. The van der Waals surface area contributed by atoms with Crippen molar-refractivity contribution >= 4 is 71.7 Å². The van der Waals surface area contributed by atoms with Crippen molar-refractivity contribution in [3.05, 3.63) is 26.2 Å². The molecule has 0 saturated carbocycles. The van der Waals surface area contributed by atoms with E-state index in [1.165, 1.54) is 22.3 Å². The fraction of sp³-hybridized carbons (Fsp3) is 0.111. The molecule has 2 aromatic rings. The van der Waals surface area contributed by atoms with Gasteiger partial charge >= 0.3 is 0 Å². The molecule has 1 heterocycles. The molecule has 2 rings (SSSR count). The molecular formula is C9H6BrIS2. The largest absolute Gasteiger partial charge is 0.128 e. The highest BCUT2D eigenvalue weighted by molar-refractivity contribution is 14.1. The maximum Gasteiger partial charge on any atom is 0.0742 e. The average Bonchev–Trinajstić information content (AvgIpc) is 2.44. The molecule has 0 bridgehead atoms. The summed E-state index contributed by atoms with van der Waals surface area (Å²) < 4.78 is 5.34. The molecule has 0 nitrogen and oxygen atoms in total. The van der Waals surface area contributed by atoms with Crippen LogP contribution in [0.5, 0.6) is 0 Å². The summed E-state index contributed by atoms with van der Waals surface area (Å²) in [6, 6.07) is 6.36. The predicted molar refractivity (Wildman–Crippen MR) is 74.0 cm³/mol. The minimum atomic E-state index is 1.20. The molecule has 0 fully saturated rings. The first-order chi connectivity index (χ1) is 6.24. The van der Waals surface area contributed by atoms with Gasteiger partial charge in [-0.15, -0.1) is 23.1 Å². The van der Waals surface area contributed by atoms with E-state index in [9.17, 15) is 0 Å². The Kier molecular flexibility index (Phi) is 3.22. The van der Waals surface area contributed by atoms with E-state index in [4.69, 9.17) is 0 Å². The van der Waals surface area contributed by atoms with Crippen LogP contribution >= 0.6 is 61.6 Å². The summed E-state index contributed by atoms with van der Waals surface area (Å²) in [6.07, 6.45) is 2.13. The Morgan fingerprint density at radius 2 is 2.23 bits per heavy atom. The van der Waals surface area contributed by atoms with Gasteiger partial charge in [-0.25, -0.2) is 0 Å². The Hall–Kier alpha value is 0.740. The van der Waals surface area contributed by atoms with E-state index < -0.39 is 0 Å². The van der Waals surface area contributed by atoms with Crippen molar-refractivity contribution in [2.24, 2.45) is 0 Å². The van der Waals surface area contributed by atoms with Crippen LogP contribution in [-0.4, -0.2) is 6.26 Å². The van der Waals surface area contributed by atoms with E-state index in [-0.39, 0.29) is 0 Å². The molecule has 0 aliphatic rings. The van der Waals surface area contributed by atoms with Gasteiger partial charge in [-0.2, -0.15) is 0 Å². The highest BCUT2D eigenvalue weighted by Gasteiger charge is 2.10. The number of thiophene rings is 1. The van der Waals surface area contributed by atoms with Crippen molar-refractivity contribution in [2.45, 2.75) is 4.21 Å². The Balaban J connectivity index is 2.85. The lowest BCUT2D eigenvalue weighted by Crippen LogP contribution is -1.70. The van der Waals surface area contributed by atoms with Gasteiger partial charge < -0.3 is 0 Å². The van der Waals surface area contributed by atoms with Crippen molar-refractivity contribution in [1.82, 2.24) is 0 Å². The van der Waals surface area contributed by atoms with E-state index >= 15 is 0 Å². The molecular weight excluding hydrogens is 379 g/mol. The standard InChI is InChI=1S/C9H6BrIS2/c1-12-9-8(11)7-5(10)3-2-4-6(7)13-9/h2-4H,1H3. The SMILES string of the molecule is CSc1sc2cccc(Br)c2c1I. The zero-order valence-electron chi connectivity index (χ0n) is 6.80. The number of hydrogen-bond acceptors (Lipinski definition) is 2.